The van der Waals surface area contributed by atoms with E-state index in [2.05, 4.69) is 18.8 Å². The molecule has 160 valence electrons. The number of aliphatic hydroxyl groups excluding tert-OH is 2. The Morgan fingerprint density at radius 1 is 1.11 bits per heavy atom. The molecule has 1 rings (SSSR count). The lowest BCUT2D eigenvalue weighted by Crippen LogP contribution is -2.31. The minimum Gasteiger partial charge on any atom is -0.481 e. The first-order valence-corrected chi connectivity index (χ1v) is 11.1. The molecule has 2 atom stereocenters. The summed E-state index contributed by atoms with van der Waals surface area (Å²) in [6.45, 7) is 3.11. The van der Waals surface area contributed by atoms with E-state index in [4.69, 9.17) is 20.7 Å². The lowest BCUT2D eigenvalue weighted by atomic mass is 10.1. The second-order valence-electron chi connectivity index (χ2n) is 6.89. The van der Waals surface area contributed by atoms with Gasteiger partial charge in [0.15, 0.2) is 0 Å². The van der Waals surface area contributed by atoms with Crippen LogP contribution in [-0.2, 0) is 4.79 Å². The van der Waals surface area contributed by atoms with Gasteiger partial charge in [-0.1, -0.05) is 70.1 Å². The van der Waals surface area contributed by atoms with Gasteiger partial charge in [0, 0.05) is 18.2 Å². The van der Waals surface area contributed by atoms with Crippen LogP contribution in [0.25, 0.3) is 0 Å². The Balaban J connectivity index is 0.00000165. The smallest absolute Gasteiger partial charge is 0.300 e. The van der Waals surface area contributed by atoms with Gasteiger partial charge >= 0.3 is 0 Å². The van der Waals surface area contributed by atoms with Crippen LogP contribution in [0.1, 0.15) is 93.9 Å². The number of carbonyl (C=O) groups is 1. The van der Waals surface area contributed by atoms with Gasteiger partial charge in [-0.25, -0.2) is 0 Å². The summed E-state index contributed by atoms with van der Waals surface area (Å²) >= 11 is 1.45. The molecule has 6 heteroatoms. The first-order valence-electron chi connectivity index (χ1n) is 10.2. The van der Waals surface area contributed by atoms with Crippen molar-refractivity contribution in [3.8, 4) is 11.8 Å². The molecule has 28 heavy (non-hydrogen) atoms. The number of unbranched alkanes of at least 4 members (excludes halogenated alkanes) is 9. The molecule has 1 aromatic rings. The Hall–Kier alpha value is -1.39. The maximum Gasteiger partial charge on any atom is 0.300 e. The number of thiophene rings is 1. The van der Waals surface area contributed by atoms with Crippen LogP contribution in [0, 0.1) is 11.8 Å². The predicted octanol–water partition coefficient (Wildman–Crippen LogP) is 4.46. The highest BCUT2D eigenvalue weighted by Crippen LogP contribution is 2.24. The molecule has 0 saturated heterocycles. The largest absolute Gasteiger partial charge is 0.481 e. The van der Waals surface area contributed by atoms with E-state index < -0.39 is 18.1 Å². The van der Waals surface area contributed by atoms with E-state index in [9.17, 15) is 5.11 Å². The van der Waals surface area contributed by atoms with E-state index in [-0.39, 0.29) is 6.61 Å². The Morgan fingerprint density at radius 3 is 2.18 bits per heavy atom. The summed E-state index contributed by atoms with van der Waals surface area (Å²) in [5, 5.41) is 26.3. The highest BCUT2D eigenvalue weighted by atomic mass is 32.1. The third-order valence-corrected chi connectivity index (χ3v) is 5.22. The molecule has 0 fully saturated rings. The van der Waals surface area contributed by atoms with Gasteiger partial charge < -0.3 is 21.1 Å². The Labute approximate surface area is 174 Å². The number of nitrogens with two attached hydrogens (primary N) is 1. The zero-order valence-corrected chi connectivity index (χ0v) is 18.1. The predicted molar refractivity (Wildman–Crippen MR) is 116 cm³/mol. The minimum absolute atomic E-state index is 0.224. The second kappa shape index (κ2) is 17.7. The molecular formula is C22H37NO4S. The summed E-state index contributed by atoms with van der Waals surface area (Å²) in [5.41, 5.74) is 5.64. The van der Waals surface area contributed by atoms with Crippen molar-refractivity contribution < 1.29 is 20.1 Å². The molecule has 2 unspecified atom stereocenters. The Kier molecular flexibility index (Phi) is 16.8. The zero-order chi connectivity index (χ0) is 21.2. The normalized spacial score (nSPS) is 12.3. The monoisotopic (exact) mass is 411 g/mol. The number of rotatable bonds is 12. The van der Waals surface area contributed by atoms with Crippen molar-refractivity contribution in [3.05, 3.63) is 21.9 Å². The van der Waals surface area contributed by atoms with Crippen molar-refractivity contribution in [2.45, 2.75) is 90.2 Å². The van der Waals surface area contributed by atoms with Gasteiger partial charge in [0.05, 0.1) is 17.5 Å². The van der Waals surface area contributed by atoms with Crippen LogP contribution >= 0.6 is 11.3 Å². The van der Waals surface area contributed by atoms with E-state index in [1.807, 2.05) is 12.1 Å². The molecule has 1 heterocycles. The lowest BCUT2D eigenvalue weighted by Gasteiger charge is -2.14. The summed E-state index contributed by atoms with van der Waals surface area (Å²) < 4.78 is 0. The maximum atomic E-state index is 9.94. The fourth-order valence-electron chi connectivity index (χ4n) is 2.56. The lowest BCUT2D eigenvalue weighted by molar-refractivity contribution is -0.134. The quantitative estimate of drug-likeness (QED) is 0.300. The van der Waals surface area contributed by atoms with Crippen LogP contribution in [0.4, 0.5) is 0 Å². The van der Waals surface area contributed by atoms with Crippen molar-refractivity contribution >= 4 is 17.3 Å². The number of aliphatic carboxylic acids is 1. The van der Waals surface area contributed by atoms with Gasteiger partial charge in [-0.2, -0.15) is 0 Å². The van der Waals surface area contributed by atoms with Crippen LogP contribution in [-0.4, -0.2) is 33.9 Å². The highest BCUT2D eigenvalue weighted by Gasteiger charge is 2.17. The van der Waals surface area contributed by atoms with Crippen molar-refractivity contribution in [2.24, 2.45) is 5.73 Å². The molecule has 5 N–H and O–H groups in total. The molecule has 0 aliphatic rings. The van der Waals surface area contributed by atoms with Gasteiger partial charge in [0.2, 0.25) is 0 Å². The van der Waals surface area contributed by atoms with Gasteiger partial charge in [0.1, 0.15) is 6.10 Å². The number of carboxylic acids is 1. The van der Waals surface area contributed by atoms with Crippen molar-refractivity contribution in [1.82, 2.24) is 0 Å². The van der Waals surface area contributed by atoms with Crippen LogP contribution in [0.3, 0.4) is 0 Å². The van der Waals surface area contributed by atoms with Crippen LogP contribution in [0.5, 0.6) is 0 Å². The summed E-state index contributed by atoms with van der Waals surface area (Å²) in [5.74, 6) is 5.54. The average Bonchev–Trinajstić information content (AvgIpc) is 3.13. The Morgan fingerprint density at radius 2 is 1.64 bits per heavy atom. The van der Waals surface area contributed by atoms with E-state index in [0.717, 1.165) is 29.5 Å². The molecule has 0 radical (unpaired) electrons. The fourth-order valence-corrected chi connectivity index (χ4v) is 3.51. The standard InChI is InChI=1S/C20H33NO2S.C2H4O2/c1-2-3-4-5-6-7-8-9-10-11-12-13-17-14-15-19(24-17)20(23)18(21)16-22;1-2(3)4/h14-15,18,20,22-23H,2-11,16,21H2,1H3;1H3,(H,3,4). The molecular weight excluding hydrogens is 374 g/mol. The number of aliphatic hydroxyl groups is 2. The fraction of sp³-hybridized carbons (Fsp3) is 0.682. The summed E-state index contributed by atoms with van der Waals surface area (Å²) in [4.78, 5) is 10.7. The summed E-state index contributed by atoms with van der Waals surface area (Å²) in [6.07, 6.45) is 12.1. The molecule has 0 spiro atoms. The van der Waals surface area contributed by atoms with E-state index >= 15 is 0 Å². The van der Waals surface area contributed by atoms with Crippen LogP contribution in [0.15, 0.2) is 12.1 Å². The van der Waals surface area contributed by atoms with Crippen molar-refractivity contribution in [1.29, 1.82) is 0 Å². The SMILES string of the molecule is CC(=O)O.CCCCCCCCCCCC#Cc1ccc(C(O)C(N)CO)s1. The second-order valence-corrected chi connectivity index (χ2v) is 8.01. The van der Waals surface area contributed by atoms with Gasteiger partial charge in [-0.05, 0) is 18.6 Å². The highest BCUT2D eigenvalue weighted by molar-refractivity contribution is 7.12. The summed E-state index contributed by atoms with van der Waals surface area (Å²) in [6, 6.07) is 3.12. The van der Waals surface area contributed by atoms with E-state index in [0.29, 0.717) is 0 Å². The molecule has 0 saturated carbocycles. The molecule has 5 nitrogen and oxygen atoms in total. The molecule has 0 amide bonds. The topological polar surface area (TPSA) is 104 Å². The molecule has 0 aliphatic heterocycles. The first-order chi connectivity index (χ1) is 13.4. The van der Waals surface area contributed by atoms with Gasteiger partial charge in [-0.3, -0.25) is 4.79 Å². The number of carboxylic acid groups (broad SMARTS) is 1. The number of hydrogen-bond donors (Lipinski definition) is 4. The first kappa shape index (κ1) is 26.6. The third-order valence-electron chi connectivity index (χ3n) is 4.15. The van der Waals surface area contributed by atoms with Crippen molar-refractivity contribution in [3.63, 3.8) is 0 Å². The van der Waals surface area contributed by atoms with Gasteiger partial charge in [0.25, 0.3) is 5.97 Å². The number of hydrogen-bond acceptors (Lipinski definition) is 5. The zero-order valence-electron chi connectivity index (χ0n) is 17.3. The van der Waals surface area contributed by atoms with Crippen LogP contribution in [0.2, 0.25) is 0 Å². The van der Waals surface area contributed by atoms with E-state index in [1.165, 1.54) is 62.7 Å². The molecule has 1 aromatic heterocycles. The maximum absolute atomic E-state index is 9.94. The van der Waals surface area contributed by atoms with Crippen molar-refractivity contribution in [2.75, 3.05) is 6.61 Å². The van der Waals surface area contributed by atoms with Crippen LogP contribution < -0.4 is 5.73 Å². The summed E-state index contributed by atoms with van der Waals surface area (Å²) in [7, 11) is 0. The molecule has 0 aromatic carbocycles. The average molecular weight is 412 g/mol. The third kappa shape index (κ3) is 14.6. The molecule has 0 aliphatic carbocycles. The Bertz CT molecular complexity index is 573. The van der Waals surface area contributed by atoms with E-state index in [1.54, 1.807) is 0 Å². The van der Waals surface area contributed by atoms with Gasteiger partial charge in [-0.15, -0.1) is 11.3 Å². The molecule has 0 bridgehead atoms. The minimum atomic E-state index is -0.833.